The summed E-state index contributed by atoms with van der Waals surface area (Å²) >= 11 is 1.81. The van der Waals surface area contributed by atoms with Crippen LogP contribution in [0.15, 0.2) is 200 Å². The minimum atomic E-state index is -0.493. The van der Waals surface area contributed by atoms with Gasteiger partial charge in [0.1, 0.15) is 0 Å². The number of hydrogen-bond donors (Lipinski definition) is 0. The van der Waals surface area contributed by atoms with Gasteiger partial charge in [-0.25, -0.2) is 0 Å². The van der Waals surface area contributed by atoms with Crippen LogP contribution < -0.4 is 0 Å². The van der Waals surface area contributed by atoms with Crippen LogP contribution in [0.4, 0.5) is 0 Å². The summed E-state index contributed by atoms with van der Waals surface area (Å²) in [5.41, 5.74) is 15.0. The predicted molar refractivity (Wildman–Crippen MR) is 263 cm³/mol. The maximum Gasteiger partial charge on any atom is 0.240 e. The molecule has 0 saturated heterocycles. The Kier molecular flexibility index (Phi) is 6.70. The molecule has 6 heteroatoms. The van der Waals surface area contributed by atoms with Crippen molar-refractivity contribution in [1.82, 2.24) is 24.1 Å². The number of aromatic nitrogens is 5. The maximum atomic E-state index is 5.54. The van der Waals surface area contributed by atoms with Gasteiger partial charge in [0.05, 0.1) is 27.5 Å². The number of hydrogen-bond acceptors (Lipinski definition) is 4. The normalized spacial score (nSPS) is 13.4. The monoisotopic (exact) mass is 831 g/mol. The van der Waals surface area contributed by atoms with Gasteiger partial charge in [-0.3, -0.25) is 9.13 Å². The summed E-state index contributed by atoms with van der Waals surface area (Å²) in [6.45, 7) is 0. The molecule has 9 aromatic carbocycles. The fraction of sp³-hybridized carbons (Fsp3) is 0.0172. The van der Waals surface area contributed by atoms with Crippen molar-refractivity contribution in [2.75, 3.05) is 0 Å². The van der Waals surface area contributed by atoms with E-state index in [-0.39, 0.29) is 0 Å². The molecule has 15 rings (SSSR count). The van der Waals surface area contributed by atoms with E-state index in [2.05, 4.69) is 209 Å². The van der Waals surface area contributed by atoms with Crippen molar-refractivity contribution in [3.8, 4) is 45.5 Å². The number of para-hydroxylation sites is 3. The summed E-state index contributed by atoms with van der Waals surface area (Å²) in [5, 5.41) is 7.13. The second-order valence-electron chi connectivity index (χ2n) is 17.1. The van der Waals surface area contributed by atoms with Gasteiger partial charge in [-0.15, -0.1) is 11.3 Å². The summed E-state index contributed by atoms with van der Waals surface area (Å²) < 4.78 is 6.96. The highest BCUT2D eigenvalue weighted by atomic mass is 32.1. The first-order valence-electron chi connectivity index (χ1n) is 21.8. The van der Waals surface area contributed by atoms with E-state index in [1.54, 1.807) is 11.3 Å². The Bertz CT molecular complexity index is 4070. The van der Waals surface area contributed by atoms with Crippen molar-refractivity contribution in [3.05, 3.63) is 222 Å². The molecule has 1 spiro atoms. The Hall–Kier alpha value is -8.19. The minimum absolute atomic E-state index is 0.493. The molecule has 0 radical (unpaired) electrons. The Morgan fingerprint density at radius 2 is 0.797 bits per heavy atom. The van der Waals surface area contributed by atoms with Crippen molar-refractivity contribution in [1.29, 1.82) is 0 Å². The predicted octanol–water partition coefficient (Wildman–Crippen LogP) is 14.4. The molecule has 296 valence electrons. The van der Waals surface area contributed by atoms with Crippen molar-refractivity contribution < 1.29 is 0 Å². The zero-order chi connectivity index (χ0) is 41.7. The first-order valence-corrected chi connectivity index (χ1v) is 22.6. The quantitative estimate of drug-likeness (QED) is 0.178. The molecule has 0 aliphatic heterocycles. The molecule has 0 fully saturated rings. The lowest BCUT2D eigenvalue weighted by molar-refractivity contribution is 0.794. The van der Waals surface area contributed by atoms with E-state index in [0.29, 0.717) is 17.7 Å². The molecule has 2 aliphatic rings. The third-order valence-electron chi connectivity index (χ3n) is 14.0. The number of benzene rings is 9. The first kappa shape index (κ1) is 34.4. The SMILES string of the molecule is c1ccc2c(c1)-c1ccccc1C21c2ccccc2-c2cc3c4ccccc4n(-c4nc(-c5ccc6c(c5)sc5ccccc56)nc(-n5c6ccccc6c6ccccc65)n4)c3cc21. The largest absolute Gasteiger partial charge is 0.278 e. The summed E-state index contributed by atoms with van der Waals surface area (Å²) in [4.78, 5) is 16.4. The number of fused-ring (bicyclic) bond motifs is 19. The standard InChI is InChI=1S/C58H33N5S/c1-8-22-45-35(15-1)36-16-2-9-23-46(36)58(45)47-24-10-3-17-37(47)43-32-44-40-20-6-13-27-51(40)63(52(44)33-48(43)58)57-60-55(34-29-30-42-41-21-7-14-28-53(41)64-54(42)31-34)59-56(61-57)62-49-25-11-4-18-38(49)39-19-5-12-26-50(39)62/h1-33H. The third kappa shape index (κ3) is 4.35. The van der Waals surface area contributed by atoms with E-state index < -0.39 is 5.41 Å². The summed E-state index contributed by atoms with van der Waals surface area (Å²) in [7, 11) is 0. The topological polar surface area (TPSA) is 48.5 Å². The average molecular weight is 832 g/mol. The smallest absolute Gasteiger partial charge is 0.240 e. The second kappa shape index (κ2) is 12.5. The van der Waals surface area contributed by atoms with Crippen molar-refractivity contribution in [2.45, 2.75) is 5.41 Å². The van der Waals surface area contributed by atoms with Crippen LogP contribution in [0.25, 0.3) is 109 Å². The lowest BCUT2D eigenvalue weighted by Gasteiger charge is -2.30. The molecule has 2 aliphatic carbocycles. The molecule has 5 nitrogen and oxygen atoms in total. The first-order chi connectivity index (χ1) is 31.7. The zero-order valence-corrected chi connectivity index (χ0v) is 35.0. The summed E-state index contributed by atoms with van der Waals surface area (Å²) in [5.74, 6) is 1.76. The van der Waals surface area contributed by atoms with E-state index >= 15 is 0 Å². The van der Waals surface area contributed by atoms with E-state index in [0.717, 1.165) is 49.2 Å². The van der Waals surface area contributed by atoms with Gasteiger partial charge in [0, 0.05) is 47.3 Å². The molecule has 0 saturated carbocycles. The highest BCUT2D eigenvalue weighted by Gasteiger charge is 2.51. The molecule has 0 atom stereocenters. The lowest BCUT2D eigenvalue weighted by Crippen LogP contribution is -2.25. The minimum Gasteiger partial charge on any atom is -0.278 e. The van der Waals surface area contributed by atoms with E-state index in [9.17, 15) is 0 Å². The van der Waals surface area contributed by atoms with Crippen molar-refractivity contribution in [3.63, 3.8) is 0 Å². The highest BCUT2D eigenvalue weighted by Crippen LogP contribution is 2.63. The fourth-order valence-electron chi connectivity index (χ4n) is 11.5. The summed E-state index contributed by atoms with van der Waals surface area (Å²) in [6.07, 6.45) is 0. The van der Waals surface area contributed by atoms with Gasteiger partial charge in [0.2, 0.25) is 11.9 Å². The average Bonchev–Trinajstić information content (AvgIpc) is 4.14. The van der Waals surface area contributed by atoms with Crippen LogP contribution >= 0.6 is 11.3 Å². The van der Waals surface area contributed by atoms with Crippen molar-refractivity contribution >= 4 is 75.1 Å². The van der Waals surface area contributed by atoms with E-state index in [4.69, 9.17) is 15.0 Å². The number of nitrogens with zero attached hydrogens (tertiary/aromatic N) is 5. The van der Waals surface area contributed by atoms with Gasteiger partial charge in [0.25, 0.3) is 0 Å². The van der Waals surface area contributed by atoms with Crippen LogP contribution in [-0.2, 0) is 5.41 Å². The molecule has 13 aromatic rings. The van der Waals surface area contributed by atoms with E-state index in [1.807, 2.05) is 0 Å². The molecule has 4 aromatic heterocycles. The van der Waals surface area contributed by atoms with Crippen LogP contribution in [-0.4, -0.2) is 24.1 Å². The maximum absolute atomic E-state index is 5.54. The lowest BCUT2D eigenvalue weighted by atomic mass is 9.70. The molecule has 0 N–H and O–H groups in total. The van der Waals surface area contributed by atoms with Crippen LogP contribution in [0.2, 0.25) is 0 Å². The molecule has 0 bridgehead atoms. The van der Waals surface area contributed by atoms with Crippen molar-refractivity contribution in [2.24, 2.45) is 0 Å². The Balaban J connectivity index is 1.06. The van der Waals surface area contributed by atoms with Gasteiger partial charge in [-0.05, 0) is 87.0 Å². The molecular weight excluding hydrogens is 799 g/mol. The fourth-order valence-corrected chi connectivity index (χ4v) is 12.6. The van der Waals surface area contributed by atoms with Gasteiger partial charge >= 0.3 is 0 Å². The van der Waals surface area contributed by atoms with Crippen LogP contribution in [0, 0.1) is 0 Å². The van der Waals surface area contributed by atoms with E-state index in [1.165, 1.54) is 64.7 Å². The highest BCUT2D eigenvalue weighted by molar-refractivity contribution is 7.25. The Morgan fingerprint density at radius 3 is 1.41 bits per heavy atom. The van der Waals surface area contributed by atoms with Gasteiger partial charge in [-0.1, -0.05) is 158 Å². The molecule has 64 heavy (non-hydrogen) atoms. The second-order valence-corrected chi connectivity index (χ2v) is 18.2. The Labute approximate surface area is 370 Å². The van der Waals surface area contributed by atoms with Crippen LogP contribution in [0.1, 0.15) is 22.3 Å². The van der Waals surface area contributed by atoms with Crippen LogP contribution in [0.3, 0.4) is 0 Å². The zero-order valence-electron chi connectivity index (χ0n) is 34.2. The summed E-state index contributed by atoms with van der Waals surface area (Å²) in [6, 6.07) is 73.0. The molecule has 0 unspecified atom stereocenters. The Morgan fingerprint density at radius 1 is 0.328 bits per heavy atom. The molecular formula is C58H33N5S. The molecule has 4 heterocycles. The van der Waals surface area contributed by atoms with Gasteiger partial charge in [0.15, 0.2) is 5.82 Å². The van der Waals surface area contributed by atoms with Crippen LogP contribution in [0.5, 0.6) is 0 Å². The third-order valence-corrected chi connectivity index (χ3v) is 15.2. The molecule has 0 amide bonds. The van der Waals surface area contributed by atoms with Gasteiger partial charge in [-0.2, -0.15) is 15.0 Å². The number of rotatable bonds is 3. The van der Waals surface area contributed by atoms with Gasteiger partial charge < -0.3 is 0 Å². The number of thiophene rings is 1.